The van der Waals surface area contributed by atoms with Crippen molar-refractivity contribution >= 4 is 5.91 Å². The molecule has 1 heterocycles. The number of hydrogen-bond acceptors (Lipinski definition) is 3. The second kappa shape index (κ2) is 3.66. The van der Waals surface area contributed by atoms with E-state index in [1.165, 1.54) is 12.4 Å². The molecule has 12 heavy (non-hydrogen) atoms. The molecule has 0 atom stereocenters. The van der Waals surface area contributed by atoms with Gasteiger partial charge in [-0.2, -0.15) is 0 Å². The summed E-state index contributed by atoms with van der Waals surface area (Å²) in [5.74, 6) is -0.445. The molecule has 1 aromatic rings. The molecule has 0 spiro atoms. The first-order valence-corrected chi connectivity index (χ1v) is 3.57. The van der Waals surface area contributed by atoms with Gasteiger partial charge in [-0.05, 0) is 6.92 Å². The van der Waals surface area contributed by atoms with E-state index >= 15 is 0 Å². The van der Waals surface area contributed by atoms with E-state index in [1.54, 1.807) is 6.92 Å². The molecule has 0 unspecified atom stereocenters. The monoisotopic (exact) mass is 167 g/mol. The fourth-order valence-electron chi connectivity index (χ4n) is 0.758. The molecule has 0 saturated carbocycles. The lowest BCUT2D eigenvalue weighted by Crippen LogP contribution is -2.30. The van der Waals surface area contributed by atoms with Gasteiger partial charge in [-0.25, -0.2) is 4.98 Å². The number of nitrogens with zero attached hydrogens (tertiary/aromatic N) is 1. The van der Waals surface area contributed by atoms with Crippen molar-refractivity contribution in [1.29, 1.82) is 0 Å². The lowest BCUT2D eigenvalue weighted by Gasteiger charge is -1.97. The van der Waals surface area contributed by atoms with Gasteiger partial charge in [0.1, 0.15) is 0 Å². The first-order valence-electron chi connectivity index (χ1n) is 3.57. The smallest absolute Gasteiger partial charge is 0.279 e. The fourth-order valence-corrected chi connectivity index (χ4v) is 0.758. The maximum atomic E-state index is 11.1. The maximum Gasteiger partial charge on any atom is 0.279 e. The molecule has 0 bridgehead atoms. The van der Waals surface area contributed by atoms with E-state index in [0.29, 0.717) is 6.54 Å². The molecule has 0 aliphatic carbocycles. The lowest BCUT2D eigenvalue weighted by atomic mass is 10.4. The number of hydrogen-bond donors (Lipinski definition) is 2. The molecule has 0 fully saturated rings. The van der Waals surface area contributed by atoms with Crippen molar-refractivity contribution in [2.45, 2.75) is 6.92 Å². The van der Waals surface area contributed by atoms with E-state index in [9.17, 15) is 9.59 Å². The Labute approximate surface area is 68.8 Å². The highest BCUT2D eigenvalue weighted by Crippen LogP contribution is 1.81. The Kier molecular flexibility index (Phi) is 2.57. The highest BCUT2D eigenvalue weighted by atomic mass is 16.2. The first kappa shape index (κ1) is 8.45. The largest absolute Gasteiger partial charge is 0.351 e. The molecule has 1 amide bonds. The molecule has 0 saturated heterocycles. The van der Waals surface area contributed by atoms with Crippen LogP contribution >= 0.6 is 0 Å². The SMILES string of the molecule is CCNC(=O)c1ncc[nH]c1=O. The van der Waals surface area contributed by atoms with Crippen LogP contribution in [0.15, 0.2) is 17.2 Å². The van der Waals surface area contributed by atoms with E-state index in [1.807, 2.05) is 0 Å². The second-order valence-corrected chi connectivity index (χ2v) is 2.13. The summed E-state index contributed by atoms with van der Waals surface area (Å²) in [5, 5.41) is 2.48. The third-order valence-electron chi connectivity index (χ3n) is 1.26. The summed E-state index contributed by atoms with van der Waals surface area (Å²) in [6.07, 6.45) is 2.75. The van der Waals surface area contributed by atoms with Gasteiger partial charge in [-0.3, -0.25) is 9.59 Å². The number of aromatic nitrogens is 2. The van der Waals surface area contributed by atoms with Gasteiger partial charge in [0.05, 0.1) is 0 Å². The number of aromatic amines is 1. The quantitative estimate of drug-likeness (QED) is 0.624. The Hall–Kier alpha value is -1.65. The summed E-state index contributed by atoms with van der Waals surface area (Å²) in [4.78, 5) is 28.0. The Morgan fingerprint density at radius 2 is 2.50 bits per heavy atom. The fraction of sp³-hybridized carbons (Fsp3) is 0.286. The highest BCUT2D eigenvalue weighted by molar-refractivity contribution is 5.91. The average molecular weight is 167 g/mol. The van der Waals surface area contributed by atoms with Crippen LogP contribution in [0.3, 0.4) is 0 Å². The molecular formula is C7H9N3O2. The number of H-pyrrole nitrogens is 1. The Morgan fingerprint density at radius 1 is 1.75 bits per heavy atom. The zero-order valence-corrected chi connectivity index (χ0v) is 6.63. The summed E-state index contributed by atoms with van der Waals surface area (Å²) in [6, 6.07) is 0. The van der Waals surface area contributed by atoms with Gasteiger partial charge >= 0.3 is 0 Å². The van der Waals surface area contributed by atoms with Crippen LogP contribution in [-0.2, 0) is 0 Å². The zero-order valence-electron chi connectivity index (χ0n) is 6.63. The second-order valence-electron chi connectivity index (χ2n) is 2.13. The molecule has 0 aromatic carbocycles. The van der Waals surface area contributed by atoms with E-state index in [4.69, 9.17) is 0 Å². The van der Waals surface area contributed by atoms with Gasteiger partial charge in [0.25, 0.3) is 11.5 Å². The molecule has 5 heteroatoms. The molecule has 2 N–H and O–H groups in total. The van der Waals surface area contributed by atoms with Crippen molar-refractivity contribution < 1.29 is 4.79 Å². The van der Waals surface area contributed by atoms with Crippen LogP contribution in [0.2, 0.25) is 0 Å². The average Bonchev–Trinajstić information content (AvgIpc) is 2.05. The molecule has 0 aliphatic heterocycles. The van der Waals surface area contributed by atoms with Crippen LogP contribution in [0.25, 0.3) is 0 Å². The van der Waals surface area contributed by atoms with Gasteiger partial charge in [0.2, 0.25) is 0 Å². The number of carbonyl (C=O) groups excluding carboxylic acids is 1. The van der Waals surface area contributed by atoms with Crippen LogP contribution in [0.5, 0.6) is 0 Å². The topological polar surface area (TPSA) is 74.8 Å². The van der Waals surface area contributed by atoms with Gasteiger partial charge in [0.15, 0.2) is 5.69 Å². The summed E-state index contributed by atoms with van der Waals surface area (Å²) < 4.78 is 0. The van der Waals surface area contributed by atoms with Crippen LogP contribution in [-0.4, -0.2) is 22.4 Å². The molecule has 1 aromatic heterocycles. The third kappa shape index (κ3) is 1.69. The Balaban J connectivity index is 2.95. The van der Waals surface area contributed by atoms with Crippen molar-refractivity contribution in [2.75, 3.05) is 6.54 Å². The molecule has 0 aliphatic rings. The first-order chi connectivity index (χ1) is 5.75. The summed E-state index contributed by atoms with van der Waals surface area (Å²) in [5.41, 5.74) is -0.567. The van der Waals surface area contributed by atoms with Crippen molar-refractivity contribution in [3.05, 3.63) is 28.4 Å². The Morgan fingerprint density at radius 3 is 3.08 bits per heavy atom. The van der Waals surface area contributed by atoms with E-state index < -0.39 is 11.5 Å². The molecule has 64 valence electrons. The minimum Gasteiger partial charge on any atom is -0.351 e. The van der Waals surface area contributed by atoms with Crippen molar-refractivity contribution in [3.63, 3.8) is 0 Å². The Bertz CT molecular complexity index is 331. The normalized spacial score (nSPS) is 9.42. The van der Waals surface area contributed by atoms with Crippen LogP contribution < -0.4 is 10.9 Å². The summed E-state index contributed by atoms with van der Waals surface area (Å²) in [6.45, 7) is 2.25. The zero-order chi connectivity index (χ0) is 8.97. The van der Waals surface area contributed by atoms with Gasteiger partial charge in [0, 0.05) is 18.9 Å². The summed E-state index contributed by atoms with van der Waals surface area (Å²) in [7, 11) is 0. The van der Waals surface area contributed by atoms with Crippen molar-refractivity contribution in [1.82, 2.24) is 15.3 Å². The van der Waals surface area contributed by atoms with Crippen LogP contribution in [0.1, 0.15) is 17.4 Å². The predicted octanol–water partition coefficient (Wildman–Crippen LogP) is -0.480. The van der Waals surface area contributed by atoms with Crippen LogP contribution in [0, 0.1) is 0 Å². The number of carbonyl (C=O) groups is 1. The number of nitrogens with one attached hydrogen (secondary N) is 2. The molecule has 1 rings (SSSR count). The minimum atomic E-state index is -0.469. The molecule has 5 nitrogen and oxygen atoms in total. The van der Waals surface area contributed by atoms with Crippen LogP contribution in [0.4, 0.5) is 0 Å². The number of rotatable bonds is 2. The molecular weight excluding hydrogens is 158 g/mol. The summed E-state index contributed by atoms with van der Waals surface area (Å²) >= 11 is 0. The maximum absolute atomic E-state index is 11.1. The lowest BCUT2D eigenvalue weighted by molar-refractivity contribution is 0.0949. The van der Waals surface area contributed by atoms with Gasteiger partial charge in [-0.15, -0.1) is 0 Å². The van der Waals surface area contributed by atoms with Gasteiger partial charge in [-0.1, -0.05) is 0 Å². The minimum absolute atomic E-state index is 0.0978. The van der Waals surface area contributed by atoms with E-state index in [-0.39, 0.29) is 5.69 Å². The molecule has 0 radical (unpaired) electrons. The van der Waals surface area contributed by atoms with Crippen molar-refractivity contribution in [2.24, 2.45) is 0 Å². The third-order valence-corrected chi connectivity index (χ3v) is 1.26. The highest BCUT2D eigenvalue weighted by Gasteiger charge is 2.08. The predicted molar refractivity (Wildman–Crippen MR) is 42.9 cm³/mol. The standard InChI is InChI=1S/C7H9N3O2/c1-2-8-6(11)5-7(12)10-4-3-9-5/h3-4H,2H2,1H3,(H,8,11)(H,10,12). The van der Waals surface area contributed by atoms with E-state index in [2.05, 4.69) is 15.3 Å². The number of amides is 1. The van der Waals surface area contributed by atoms with Gasteiger partial charge < -0.3 is 10.3 Å². The van der Waals surface area contributed by atoms with E-state index in [0.717, 1.165) is 0 Å². The van der Waals surface area contributed by atoms with Crippen molar-refractivity contribution in [3.8, 4) is 0 Å².